The van der Waals surface area contributed by atoms with E-state index in [1.54, 1.807) is 0 Å². The van der Waals surface area contributed by atoms with Crippen molar-refractivity contribution >= 4 is 6.09 Å². The van der Waals surface area contributed by atoms with Crippen molar-refractivity contribution in [2.75, 3.05) is 6.61 Å². The Morgan fingerprint density at radius 3 is 2.20 bits per heavy atom. The van der Waals surface area contributed by atoms with Gasteiger partial charge in [-0.05, 0) is 27.2 Å². The molecule has 0 aliphatic heterocycles. The van der Waals surface area contributed by atoms with Crippen molar-refractivity contribution in [2.24, 2.45) is 0 Å². The minimum absolute atomic E-state index is 0.108. The molecule has 0 spiro atoms. The number of nitrogens with zero attached hydrogens (tertiary/aromatic N) is 1. The van der Waals surface area contributed by atoms with E-state index in [1.165, 1.54) is 4.90 Å². The third-order valence-corrected chi connectivity index (χ3v) is 2.40. The summed E-state index contributed by atoms with van der Waals surface area (Å²) in [5.74, 6) is 0. The molecule has 0 aromatic rings. The Kier molecular flexibility index (Phi) is 5.65. The number of aliphatic hydroxyl groups is 1. The molecular weight excluding hydrogens is 194 g/mol. The van der Waals surface area contributed by atoms with E-state index in [-0.39, 0.29) is 12.6 Å². The van der Waals surface area contributed by atoms with E-state index >= 15 is 0 Å². The third-order valence-electron chi connectivity index (χ3n) is 2.40. The van der Waals surface area contributed by atoms with Crippen molar-refractivity contribution in [3.8, 4) is 0 Å². The van der Waals surface area contributed by atoms with Gasteiger partial charge in [-0.3, -0.25) is 4.90 Å². The summed E-state index contributed by atoms with van der Waals surface area (Å²) in [6, 6.07) is -0.289. The van der Waals surface area contributed by atoms with Crippen LogP contribution in [0.15, 0.2) is 0 Å². The maximum absolute atomic E-state index is 11.1. The molecule has 0 radical (unpaired) electrons. The van der Waals surface area contributed by atoms with Crippen LogP contribution in [0, 0.1) is 0 Å². The fourth-order valence-electron chi connectivity index (χ4n) is 1.73. The Hall–Kier alpha value is -0.770. The molecular formula is C11H23NO3. The monoisotopic (exact) mass is 217 g/mol. The van der Waals surface area contributed by atoms with E-state index in [1.807, 2.05) is 20.8 Å². The molecule has 0 saturated carbocycles. The van der Waals surface area contributed by atoms with Gasteiger partial charge in [-0.25, -0.2) is 4.79 Å². The van der Waals surface area contributed by atoms with Crippen LogP contribution in [-0.4, -0.2) is 39.4 Å². The molecule has 0 saturated heterocycles. The first kappa shape index (κ1) is 14.2. The Balaban J connectivity index is 4.64. The lowest BCUT2D eigenvalue weighted by atomic mass is 10.0. The fourth-order valence-corrected chi connectivity index (χ4v) is 1.73. The summed E-state index contributed by atoms with van der Waals surface area (Å²) in [5.41, 5.74) is -0.465. The van der Waals surface area contributed by atoms with Crippen LogP contribution in [0.4, 0.5) is 4.79 Å². The molecule has 0 aromatic heterocycles. The van der Waals surface area contributed by atoms with Gasteiger partial charge in [-0.2, -0.15) is 0 Å². The first-order chi connectivity index (χ1) is 6.84. The molecule has 0 bridgehead atoms. The zero-order chi connectivity index (χ0) is 12.1. The highest BCUT2D eigenvalue weighted by molar-refractivity contribution is 5.66. The van der Waals surface area contributed by atoms with E-state index in [4.69, 9.17) is 5.11 Å². The maximum atomic E-state index is 11.1. The quantitative estimate of drug-likeness (QED) is 0.743. The molecule has 2 N–H and O–H groups in total. The number of hydrogen-bond acceptors (Lipinski definition) is 2. The van der Waals surface area contributed by atoms with Crippen LogP contribution in [0.2, 0.25) is 0 Å². The number of carboxylic acid groups (broad SMARTS) is 1. The van der Waals surface area contributed by atoms with E-state index in [9.17, 15) is 9.90 Å². The molecule has 0 aliphatic rings. The van der Waals surface area contributed by atoms with Crippen LogP contribution in [0.5, 0.6) is 0 Å². The van der Waals surface area contributed by atoms with Crippen LogP contribution in [-0.2, 0) is 0 Å². The van der Waals surface area contributed by atoms with Gasteiger partial charge in [0, 0.05) is 5.54 Å². The highest BCUT2D eigenvalue weighted by Crippen LogP contribution is 2.20. The van der Waals surface area contributed by atoms with Gasteiger partial charge in [0.1, 0.15) is 0 Å². The smallest absolute Gasteiger partial charge is 0.408 e. The number of carbonyl (C=O) groups is 1. The number of unbranched alkanes of at least 4 members (excludes halogenated alkanes) is 1. The molecule has 4 nitrogen and oxygen atoms in total. The molecule has 90 valence electrons. The standard InChI is InChI=1S/C11H23NO3/c1-5-6-7-9(8-13)12(10(14)15)11(2,3)4/h9,13H,5-8H2,1-4H3,(H,14,15)/t9-/m0/s1. The molecule has 0 aromatic carbocycles. The van der Waals surface area contributed by atoms with Crippen LogP contribution in [0.25, 0.3) is 0 Å². The zero-order valence-corrected chi connectivity index (χ0v) is 10.2. The van der Waals surface area contributed by atoms with E-state index in [0.29, 0.717) is 0 Å². The highest BCUT2D eigenvalue weighted by atomic mass is 16.4. The van der Waals surface area contributed by atoms with E-state index in [0.717, 1.165) is 19.3 Å². The summed E-state index contributed by atoms with van der Waals surface area (Å²) >= 11 is 0. The third kappa shape index (κ3) is 4.51. The van der Waals surface area contributed by atoms with Crippen molar-refractivity contribution in [1.29, 1.82) is 0 Å². The molecule has 0 fully saturated rings. The van der Waals surface area contributed by atoms with Crippen molar-refractivity contribution in [1.82, 2.24) is 4.90 Å². The number of amides is 1. The summed E-state index contributed by atoms with van der Waals surface area (Å²) in [6.45, 7) is 7.47. The SMILES string of the molecule is CCCC[C@@H](CO)N(C(=O)O)C(C)(C)C. The average Bonchev–Trinajstić information content (AvgIpc) is 2.08. The van der Waals surface area contributed by atoms with Gasteiger partial charge in [0.2, 0.25) is 0 Å². The Morgan fingerprint density at radius 2 is 1.93 bits per heavy atom. The van der Waals surface area contributed by atoms with Gasteiger partial charge in [0.05, 0.1) is 12.6 Å². The minimum atomic E-state index is -0.961. The summed E-state index contributed by atoms with van der Waals surface area (Å²) in [5, 5.41) is 18.4. The lowest BCUT2D eigenvalue weighted by Gasteiger charge is -2.39. The summed E-state index contributed by atoms with van der Waals surface area (Å²) in [4.78, 5) is 12.5. The maximum Gasteiger partial charge on any atom is 0.408 e. The summed E-state index contributed by atoms with van der Waals surface area (Å²) in [6.07, 6.45) is 1.70. The van der Waals surface area contributed by atoms with Gasteiger partial charge in [-0.1, -0.05) is 19.8 Å². The Labute approximate surface area is 91.9 Å². The molecule has 1 amide bonds. The first-order valence-corrected chi connectivity index (χ1v) is 5.47. The van der Waals surface area contributed by atoms with Gasteiger partial charge >= 0.3 is 6.09 Å². The molecule has 15 heavy (non-hydrogen) atoms. The Bertz CT molecular complexity index is 198. The van der Waals surface area contributed by atoms with Gasteiger partial charge in [-0.15, -0.1) is 0 Å². The van der Waals surface area contributed by atoms with Crippen LogP contribution in [0.1, 0.15) is 47.0 Å². The van der Waals surface area contributed by atoms with Crippen molar-refractivity contribution in [3.63, 3.8) is 0 Å². The van der Waals surface area contributed by atoms with Gasteiger partial charge < -0.3 is 10.2 Å². The molecule has 0 rings (SSSR count). The zero-order valence-electron chi connectivity index (χ0n) is 10.2. The van der Waals surface area contributed by atoms with Gasteiger partial charge in [0.15, 0.2) is 0 Å². The molecule has 4 heteroatoms. The first-order valence-electron chi connectivity index (χ1n) is 5.47. The normalized spacial score (nSPS) is 13.7. The predicted molar refractivity (Wildman–Crippen MR) is 60.0 cm³/mol. The largest absolute Gasteiger partial charge is 0.465 e. The second-order valence-corrected chi connectivity index (χ2v) is 4.80. The second-order valence-electron chi connectivity index (χ2n) is 4.80. The Morgan fingerprint density at radius 1 is 1.40 bits per heavy atom. The molecule has 1 atom stereocenters. The van der Waals surface area contributed by atoms with Crippen LogP contribution >= 0.6 is 0 Å². The highest BCUT2D eigenvalue weighted by Gasteiger charge is 2.32. The topological polar surface area (TPSA) is 60.8 Å². The summed E-state index contributed by atoms with van der Waals surface area (Å²) in [7, 11) is 0. The minimum Gasteiger partial charge on any atom is -0.465 e. The van der Waals surface area contributed by atoms with Crippen LogP contribution in [0.3, 0.4) is 0 Å². The van der Waals surface area contributed by atoms with Crippen LogP contribution < -0.4 is 0 Å². The second kappa shape index (κ2) is 5.95. The van der Waals surface area contributed by atoms with Crippen molar-refractivity contribution in [2.45, 2.75) is 58.5 Å². The summed E-state index contributed by atoms with van der Waals surface area (Å²) < 4.78 is 0. The van der Waals surface area contributed by atoms with Crippen molar-refractivity contribution < 1.29 is 15.0 Å². The van der Waals surface area contributed by atoms with Gasteiger partial charge in [0.25, 0.3) is 0 Å². The lowest BCUT2D eigenvalue weighted by molar-refractivity contribution is 0.0423. The number of aliphatic hydroxyl groups excluding tert-OH is 1. The van der Waals surface area contributed by atoms with E-state index in [2.05, 4.69) is 6.92 Å². The number of rotatable bonds is 5. The number of hydrogen-bond donors (Lipinski definition) is 2. The lowest BCUT2D eigenvalue weighted by Crippen LogP contribution is -2.52. The molecule has 0 aliphatic carbocycles. The molecule has 0 unspecified atom stereocenters. The molecule has 0 heterocycles. The van der Waals surface area contributed by atoms with Crippen molar-refractivity contribution in [3.05, 3.63) is 0 Å². The average molecular weight is 217 g/mol. The predicted octanol–water partition coefficient (Wildman–Crippen LogP) is 2.32. The fraction of sp³-hybridized carbons (Fsp3) is 0.909. The van der Waals surface area contributed by atoms with E-state index < -0.39 is 11.6 Å².